The number of carbonyl (C=O) groups excluding carboxylic acids is 1. The van der Waals surface area contributed by atoms with Gasteiger partial charge < -0.3 is 16.3 Å². The number of amides is 1. The van der Waals surface area contributed by atoms with Crippen LogP contribution in [0.5, 0.6) is 0 Å². The van der Waals surface area contributed by atoms with Crippen LogP contribution >= 0.6 is 0 Å². The molecule has 0 fully saturated rings. The second-order valence-corrected chi connectivity index (χ2v) is 4.31. The highest BCUT2D eigenvalue weighted by Crippen LogP contribution is 2.17. The largest absolute Gasteiger partial charge is 0.392 e. The summed E-state index contributed by atoms with van der Waals surface area (Å²) < 4.78 is 0. The molecule has 0 bridgehead atoms. The fourth-order valence-electron chi connectivity index (χ4n) is 1.88. The molecule has 1 amide bonds. The molecule has 1 aliphatic rings. The second kappa shape index (κ2) is 5.48. The van der Waals surface area contributed by atoms with E-state index in [4.69, 9.17) is 16.3 Å². The second-order valence-electron chi connectivity index (χ2n) is 4.31. The zero-order valence-corrected chi connectivity index (χ0v) is 10.0. The number of oxime groups is 1. The van der Waals surface area contributed by atoms with Crippen molar-refractivity contribution in [2.24, 2.45) is 10.9 Å². The van der Waals surface area contributed by atoms with Crippen LogP contribution in [0.3, 0.4) is 0 Å². The number of nitrogens with two attached hydrogens (primary N) is 2. The van der Waals surface area contributed by atoms with Gasteiger partial charge in [-0.2, -0.15) is 0 Å². The van der Waals surface area contributed by atoms with Crippen molar-refractivity contribution in [3.8, 4) is 0 Å². The molecular weight excluding hydrogens is 232 g/mol. The van der Waals surface area contributed by atoms with Gasteiger partial charge in [-0.3, -0.25) is 4.79 Å². The molecule has 1 atom stereocenters. The first-order valence-electron chi connectivity index (χ1n) is 5.85. The molecule has 0 saturated carbocycles. The van der Waals surface area contributed by atoms with Gasteiger partial charge in [0.05, 0.1) is 12.1 Å². The normalized spacial score (nSPS) is 18.2. The Bertz CT molecular complexity index is 473. The number of rotatable bonds is 5. The number of nitrogens with zero attached hydrogens (tertiary/aromatic N) is 2. The fraction of sp³-hybridized carbons (Fsp3) is 0.417. The minimum absolute atomic E-state index is 0.202. The smallest absolute Gasteiger partial charge is 0.221 e. The van der Waals surface area contributed by atoms with Crippen molar-refractivity contribution in [2.75, 3.05) is 5.73 Å². The van der Waals surface area contributed by atoms with E-state index in [1.165, 1.54) is 0 Å². The van der Waals surface area contributed by atoms with Crippen molar-refractivity contribution in [1.29, 1.82) is 0 Å². The topological polar surface area (TPSA) is 104 Å². The summed E-state index contributed by atoms with van der Waals surface area (Å²) in [6.45, 7) is 0. The van der Waals surface area contributed by atoms with Gasteiger partial charge in [0.1, 0.15) is 11.9 Å². The summed E-state index contributed by atoms with van der Waals surface area (Å²) in [5.74, 6) is 0.151. The monoisotopic (exact) mass is 248 g/mol. The van der Waals surface area contributed by atoms with Crippen molar-refractivity contribution >= 4 is 17.4 Å². The molecule has 96 valence electrons. The van der Waals surface area contributed by atoms with Gasteiger partial charge >= 0.3 is 0 Å². The van der Waals surface area contributed by atoms with E-state index < -0.39 is 0 Å². The first-order valence-corrected chi connectivity index (χ1v) is 5.85. The maximum absolute atomic E-state index is 10.7. The number of aryl methyl sites for hydroxylation is 1. The summed E-state index contributed by atoms with van der Waals surface area (Å²) >= 11 is 0. The zero-order chi connectivity index (χ0) is 13.0. The van der Waals surface area contributed by atoms with Crippen LogP contribution in [0.1, 0.15) is 25.0 Å². The summed E-state index contributed by atoms with van der Waals surface area (Å²) in [5, 5.41) is 3.96. The van der Waals surface area contributed by atoms with E-state index in [9.17, 15) is 4.79 Å². The maximum Gasteiger partial charge on any atom is 0.221 e. The molecule has 0 saturated heterocycles. The average Bonchev–Trinajstić information content (AvgIpc) is 2.73. The van der Waals surface area contributed by atoms with E-state index in [0.717, 1.165) is 24.2 Å². The molecule has 18 heavy (non-hydrogen) atoms. The SMILES string of the molecule is NC(=O)CC1CC(CCc2cccc(N)n2)=NO1. The van der Waals surface area contributed by atoms with E-state index in [1.807, 2.05) is 12.1 Å². The lowest BCUT2D eigenvalue weighted by Crippen LogP contribution is -2.20. The van der Waals surface area contributed by atoms with E-state index in [0.29, 0.717) is 12.2 Å². The van der Waals surface area contributed by atoms with E-state index in [1.54, 1.807) is 6.07 Å². The van der Waals surface area contributed by atoms with E-state index in [2.05, 4.69) is 10.1 Å². The first kappa shape index (κ1) is 12.3. The summed E-state index contributed by atoms with van der Waals surface area (Å²) in [7, 11) is 0. The number of primary amides is 1. The molecule has 1 unspecified atom stereocenters. The molecule has 1 aromatic heterocycles. The van der Waals surface area contributed by atoms with Crippen molar-refractivity contribution in [3.63, 3.8) is 0 Å². The Morgan fingerprint density at radius 1 is 1.44 bits per heavy atom. The Morgan fingerprint density at radius 3 is 3.00 bits per heavy atom. The number of pyridine rings is 1. The van der Waals surface area contributed by atoms with Crippen LogP contribution < -0.4 is 11.5 Å². The summed E-state index contributed by atoms with van der Waals surface area (Å²) in [6.07, 6.45) is 2.18. The van der Waals surface area contributed by atoms with Gasteiger partial charge in [0.15, 0.2) is 0 Å². The molecule has 0 aromatic carbocycles. The molecule has 4 N–H and O–H groups in total. The van der Waals surface area contributed by atoms with Gasteiger partial charge in [-0.05, 0) is 25.0 Å². The molecule has 6 nitrogen and oxygen atoms in total. The number of hydrogen-bond acceptors (Lipinski definition) is 5. The summed E-state index contributed by atoms with van der Waals surface area (Å²) in [5.41, 5.74) is 12.6. The highest BCUT2D eigenvalue weighted by Gasteiger charge is 2.22. The Labute approximate surface area is 105 Å². The Morgan fingerprint density at radius 2 is 2.28 bits per heavy atom. The zero-order valence-electron chi connectivity index (χ0n) is 10.0. The fourth-order valence-corrected chi connectivity index (χ4v) is 1.88. The minimum atomic E-state index is -0.367. The third kappa shape index (κ3) is 3.44. The van der Waals surface area contributed by atoms with Crippen LogP contribution in [0.4, 0.5) is 5.82 Å². The minimum Gasteiger partial charge on any atom is -0.392 e. The summed E-state index contributed by atoms with van der Waals surface area (Å²) in [6, 6.07) is 5.55. The van der Waals surface area contributed by atoms with Crippen LogP contribution in [0.2, 0.25) is 0 Å². The number of nitrogen functional groups attached to an aromatic ring is 1. The Hall–Kier alpha value is -2.11. The molecule has 0 radical (unpaired) electrons. The van der Waals surface area contributed by atoms with Gasteiger partial charge in [0, 0.05) is 12.1 Å². The average molecular weight is 248 g/mol. The van der Waals surface area contributed by atoms with Gasteiger partial charge in [-0.15, -0.1) is 0 Å². The van der Waals surface area contributed by atoms with Crippen LogP contribution in [0.15, 0.2) is 23.4 Å². The van der Waals surface area contributed by atoms with Crippen LogP contribution in [0.25, 0.3) is 0 Å². The molecule has 1 aliphatic heterocycles. The van der Waals surface area contributed by atoms with Gasteiger partial charge in [-0.25, -0.2) is 4.98 Å². The molecule has 1 aromatic rings. The van der Waals surface area contributed by atoms with Gasteiger partial charge in [0.2, 0.25) is 5.91 Å². The van der Waals surface area contributed by atoms with Crippen molar-refractivity contribution in [3.05, 3.63) is 23.9 Å². The quantitative estimate of drug-likeness (QED) is 0.796. The molecule has 2 rings (SSSR count). The molecular formula is C12H16N4O2. The van der Waals surface area contributed by atoms with Crippen LogP contribution in [-0.2, 0) is 16.1 Å². The van der Waals surface area contributed by atoms with Crippen LogP contribution in [-0.4, -0.2) is 22.7 Å². The Kier molecular flexibility index (Phi) is 3.76. The molecule has 2 heterocycles. The number of anilines is 1. The van der Waals surface area contributed by atoms with E-state index >= 15 is 0 Å². The lowest BCUT2D eigenvalue weighted by Gasteiger charge is -2.04. The van der Waals surface area contributed by atoms with E-state index in [-0.39, 0.29) is 18.4 Å². The highest BCUT2D eigenvalue weighted by molar-refractivity contribution is 5.86. The lowest BCUT2D eigenvalue weighted by atomic mass is 10.1. The van der Waals surface area contributed by atoms with Gasteiger partial charge in [-0.1, -0.05) is 11.2 Å². The van der Waals surface area contributed by atoms with Crippen molar-refractivity contribution in [2.45, 2.75) is 31.8 Å². The summed E-state index contributed by atoms with van der Waals surface area (Å²) in [4.78, 5) is 20.1. The third-order valence-corrected chi connectivity index (χ3v) is 2.72. The van der Waals surface area contributed by atoms with Crippen LogP contribution in [0, 0.1) is 0 Å². The molecule has 0 aliphatic carbocycles. The number of aromatic nitrogens is 1. The predicted molar refractivity (Wildman–Crippen MR) is 67.7 cm³/mol. The number of carbonyl (C=O) groups is 1. The Balaban J connectivity index is 1.80. The first-order chi connectivity index (χ1) is 8.63. The van der Waals surface area contributed by atoms with Gasteiger partial charge in [0.25, 0.3) is 0 Å². The van der Waals surface area contributed by atoms with Crippen molar-refractivity contribution in [1.82, 2.24) is 4.98 Å². The van der Waals surface area contributed by atoms with Crippen molar-refractivity contribution < 1.29 is 9.63 Å². The lowest BCUT2D eigenvalue weighted by molar-refractivity contribution is -0.120. The highest BCUT2D eigenvalue weighted by atomic mass is 16.6. The molecule has 0 spiro atoms. The predicted octanol–water partition coefficient (Wildman–Crippen LogP) is 0.617. The standard InChI is InChI=1S/C12H16N4O2/c13-11-3-1-2-8(15-11)4-5-9-6-10(18-16-9)7-12(14)17/h1-3,10H,4-7H2,(H2,13,15)(H2,14,17). The maximum atomic E-state index is 10.7. The molecule has 6 heteroatoms. The number of hydrogen-bond donors (Lipinski definition) is 2. The third-order valence-electron chi connectivity index (χ3n) is 2.72.